The van der Waals surface area contributed by atoms with Crippen molar-refractivity contribution in [3.8, 4) is 0 Å². The zero-order valence-electron chi connectivity index (χ0n) is 12.5. The second-order valence-electron chi connectivity index (χ2n) is 5.98. The zero-order chi connectivity index (χ0) is 15.1. The SMILES string of the molecule is C[C@@H]1Cc2ccccc2N1C(=O)Cc1c[nH]c2ccccc12. The summed E-state index contributed by atoms with van der Waals surface area (Å²) in [6.45, 7) is 2.12. The van der Waals surface area contributed by atoms with Gasteiger partial charge < -0.3 is 9.88 Å². The number of aromatic amines is 1. The lowest BCUT2D eigenvalue weighted by molar-refractivity contribution is -0.118. The standard InChI is InChI=1S/C19H18N2O/c1-13-10-14-6-2-5-9-18(14)21(13)19(22)11-15-12-20-17-8-4-3-7-16(15)17/h2-9,12-13,20H,10-11H2,1H3/t13-/m1/s1. The summed E-state index contributed by atoms with van der Waals surface area (Å²) in [6.07, 6.45) is 3.33. The van der Waals surface area contributed by atoms with E-state index in [2.05, 4.69) is 24.0 Å². The molecule has 22 heavy (non-hydrogen) atoms. The number of hydrogen-bond acceptors (Lipinski definition) is 1. The van der Waals surface area contributed by atoms with Gasteiger partial charge in [-0.2, -0.15) is 0 Å². The van der Waals surface area contributed by atoms with Crippen LogP contribution in [-0.2, 0) is 17.6 Å². The predicted molar refractivity (Wildman–Crippen MR) is 89.1 cm³/mol. The molecule has 2 aromatic carbocycles. The smallest absolute Gasteiger partial charge is 0.231 e. The Kier molecular flexibility index (Phi) is 3.00. The summed E-state index contributed by atoms with van der Waals surface area (Å²) in [6, 6.07) is 16.6. The first-order valence-corrected chi connectivity index (χ1v) is 7.69. The summed E-state index contributed by atoms with van der Waals surface area (Å²) in [7, 11) is 0. The van der Waals surface area contributed by atoms with Crippen LogP contribution >= 0.6 is 0 Å². The fourth-order valence-electron chi connectivity index (χ4n) is 3.47. The van der Waals surface area contributed by atoms with Crippen LogP contribution in [-0.4, -0.2) is 16.9 Å². The van der Waals surface area contributed by atoms with Gasteiger partial charge in [-0.3, -0.25) is 4.79 Å². The van der Waals surface area contributed by atoms with Crippen LogP contribution in [0.5, 0.6) is 0 Å². The summed E-state index contributed by atoms with van der Waals surface area (Å²) in [5.41, 5.74) is 4.49. The molecule has 1 amide bonds. The van der Waals surface area contributed by atoms with Crippen molar-refractivity contribution in [2.75, 3.05) is 4.90 Å². The van der Waals surface area contributed by atoms with Crippen molar-refractivity contribution in [2.24, 2.45) is 0 Å². The van der Waals surface area contributed by atoms with Crippen LogP contribution in [0.1, 0.15) is 18.1 Å². The molecule has 1 N–H and O–H groups in total. The molecule has 0 saturated carbocycles. The quantitative estimate of drug-likeness (QED) is 0.767. The lowest BCUT2D eigenvalue weighted by Gasteiger charge is -2.22. The van der Waals surface area contributed by atoms with Crippen molar-refractivity contribution in [2.45, 2.75) is 25.8 Å². The molecule has 0 bridgehead atoms. The van der Waals surface area contributed by atoms with Crippen LogP contribution in [0.25, 0.3) is 10.9 Å². The summed E-state index contributed by atoms with van der Waals surface area (Å²) < 4.78 is 0. The molecule has 3 heteroatoms. The molecule has 0 saturated heterocycles. The number of para-hydroxylation sites is 2. The number of nitrogens with zero attached hydrogens (tertiary/aromatic N) is 1. The van der Waals surface area contributed by atoms with Gasteiger partial charge in [-0.25, -0.2) is 0 Å². The molecule has 3 aromatic rings. The van der Waals surface area contributed by atoms with Crippen molar-refractivity contribution >= 4 is 22.5 Å². The molecule has 1 aromatic heterocycles. The highest BCUT2D eigenvalue weighted by Crippen LogP contribution is 2.32. The fraction of sp³-hybridized carbons (Fsp3) is 0.211. The third kappa shape index (κ3) is 2.01. The molecule has 4 rings (SSSR count). The van der Waals surface area contributed by atoms with E-state index in [-0.39, 0.29) is 11.9 Å². The number of carbonyl (C=O) groups is 1. The van der Waals surface area contributed by atoms with Crippen LogP contribution in [0, 0.1) is 0 Å². The van der Waals surface area contributed by atoms with Gasteiger partial charge >= 0.3 is 0 Å². The molecule has 1 aliphatic heterocycles. The number of carbonyl (C=O) groups excluding carboxylic acids is 1. The minimum absolute atomic E-state index is 0.169. The number of nitrogens with one attached hydrogen (secondary N) is 1. The van der Waals surface area contributed by atoms with Crippen molar-refractivity contribution in [3.63, 3.8) is 0 Å². The summed E-state index contributed by atoms with van der Waals surface area (Å²) in [5.74, 6) is 0.169. The van der Waals surface area contributed by atoms with Gasteiger partial charge in [-0.15, -0.1) is 0 Å². The van der Waals surface area contributed by atoms with Crippen molar-refractivity contribution in [1.29, 1.82) is 0 Å². The van der Waals surface area contributed by atoms with Crippen LogP contribution in [0.3, 0.4) is 0 Å². The zero-order valence-corrected chi connectivity index (χ0v) is 12.5. The number of H-pyrrole nitrogens is 1. The van der Waals surface area contributed by atoms with Crippen LogP contribution in [0.4, 0.5) is 5.69 Å². The third-order valence-corrected chi connectivity index (χ3v) is 4.49. The van der Waals surface area contributed by atoms with E-state index in [1.165, 1.54) is 5.56 Å². The lowest BCUT2D eigenvalue weighted by atomic mass is 10.1. The molecular weight excluding hydrogens is 272 g/mol. The Balaban J connectivity index is 1.65. The summed E-state index contributed by atoms with van der Waals surface area (Å²) in [5, 5.41) is 1.14. The van der Waals surface area contributed by atoms with Crippen molar-refractivity contribution < 1.29 is 4.79 Å². The monoisotopic (exact) mass is 290 g/mol. The molecule has 0 aliphatic carbocycles. The van der Waals surface area contributed by atoms with Gasteiger partial charge in [0.25, 0.3) is 0 Å². The Morgan fingerprint density at radius 2 is 1.95 bits per heavy atom. The van der Waals surface area contributed by atoms with Crippen LogP contribution in [0.2, 0.25) is 0 Å². The number of rotatable bonds is 2. The minimum atomic E-state index is 0.169. The molecule has 0 unspecified atom stereocenters. The molecule has 2 heterocycles. The largest absolute Gasteiger partial charge is 0.361 e. The van der Waals surface area contributed by atoms with Gasteiger partial charge in [-0.05, 0) is 36.6 Å². The third-order valence-electron chi connectivity index (χ3n) is 4.49. The van der Waals surface area contributed by atoms with Gasteiger partial charge in [0.15, 0.2) is 0 Å². The van der Waals surface area contributed by atoms with Gasteiger partial charge in [0.05, 0.1) is 6.42 Å². The first kappa shape index (κ1) is 13.1. The number of anilines is 1. The van der Waals surface area contributed by atoms with E-state index >= 15 is 0 Å². The van der Waals surface area contributed by atoms with Crippen molar-refractivity contribution in [1.82, 2.24) is 4.98 Å². The summed E-state index contributed by atoms with van der Waals surface area (Å²) in [4.78, 5) is 18.0. The molecule has 0 radical (unpaired) electrons. The Morgan fingerprint density at radius 3 is 2.86 bits per heavy atom. The summed E-state index contributed by atoms with van der Waals surface area (Å²) >= 11 is 0. The highest BCUT2D eigenvalue weighted by Gasteiger charge is 2.30. The molecule has 0 spiro atoms. The molecule has 1 atom stereocenters. The van der Waals surface area contributed by atoms with E-state index in [1.807, 2.05) is 47.5 Å². The average molecular weight is 290 g/mol. The molecule has 3 nitrogen and oxygen atoms in total. The first-order valence-electron chi connectivity index (χ1n) is 7.69. The van der Waals surface area contributed by atoms with E-state index < -0.39 is 0 Å². The normalized spacial score (nSPS) is 17.0. The second kappa shape index (κ2) is 5.02. The number of aromatic nitrogens is 1. The Hall–Kier alpha value is -2.55. The molecule has 1 aliphatic rings. The van der Waals surface area contributed by atoms with Gasteiger partial charge in [0.2, 0.25) is 5.91 Å². The number of hydrogen-bond donors (Lipinski definition) is 1. The van der Waals surface area contributed by atoms with Gasteiger partial charge in [0.1, 0.15) is 0 Å². The molecule has 110 valence electrons. The van der Waals surface area contributed by atoms with Gasteiger partial charge in [-0.1, -0.05) is 36.4 Å². The van der Waals surface area contributed by atoms with Gasteiger partial charge in [0, 0.05) is 28.8 Å². The van der Waals surface area contributed by atoms with E-state index in [4.69, 9.17) is 0 Å². The molecule has 0 fully saturated rings. The van der Waals surface area contributed by atoms with E-state index in [9.17, 15) is 4.79 Å². The van der Waals surface area contributed by atoms with Crippen molar-refractivity contribution in [3.05, 3.63) is 65.9 Å². The first-order chi connectivity index (χ1) is 10.7. The highest BCUT2D eigenvalue weighted by atomic mass is 16.2. The maximum absolute atomic E-state index is 12.8. The van der Waals surface area contributed by atoms with E-state index in [0.717, 1.165) is 28.6 Å². The number of amides is 1. The minimum Gasteiger partial charge on any atom is -0.361 e. The predicted octanol–water partition coefficient (Wildman–Crippen LogP) is 3.69. The fourth-order valence-corrected chi connectivity index (χ4v) is 3.47. The topological polar surface area (TPSA) is 36.1 Å². The van der Waals surface area contributed by atoms with Crippen LogP contribution in [0.15, 0.2) is 54.7 Å². The average Bonchev–Trinajstić information content (AvgIpc) is 3.07. The second-order valence-corrected chi connectivity index (χ2v) is 5.98. The Labute approximate surface area is 129 Å². The number of fused-ring (bicyclic) bond motifs is 2. The Morgan fingerprint density at radius 1 is 1.18 bits per heavy atom. The Bertz CT molecular complexity index is 849. The molecular formula is C19H18N2O. The maximum atomic E-state index is 12.8. The van der Waals surface area contributed by atoms with E-state index in [0.29, 0.717) is 6.42 Å². The highest BCUT2D eigenvalue weighted by molar-refractivity contribution is 5.99. The van der Waals surface area contributed by atoms with E-state index in [1.54, 1.807) is 0 Å². The maximum Gasteiger partial charge on any atom is 0.231 e. The van der Waals surface area contributed by atoms with Crippen LogP contribution < -0.4 is 4.90 Å². The number of benzene rings is 2. The lowest BCUT2D eigenvalue weighted by Crippen LogP contribution is -2.36.